The maximum absolute atomic E-state index is 12.6. The molecule has 0 aromatic heterocycles. The Morgan fingerprint density at radius 3 is 1.52 bits per heavy atom. The summed E-state index contributed by atoms with van der Waals surface area (Å²) in [7, 11) is -9.69. The normalized spacial score (nSPS) is 15.1. The van der Waals surface area contributed by atoms with Crippen LogP contribution in [0.4, 0.5) is 0 Å². The molecule has 0 fully saturated rings. The zero-order valence-electron chi connectivity index (χ0n) is 35.2. The number of aliphatic hydroxyl groups excluding tert-OH is 2. The van der Waals surface area contributed by atoms with E-state index in [1.807, 2.05) is 12.2 Å². The second-order valence-electron chi connectivity index (χ2n) is 14.6. The van der Waals surface area contributed by atoms with Crippen LogP contribution in [0, 0.1) is 0 Å². The van der Waals surface area contributed by atoms with Crippen molar-refractivity contribution in [2.45, 2.75) is 180 Å². The molecule has 338 valence electrons. The zero-order valence-corrected chi connectivity index (χ0v) is 37.0. The van der Waals surface area contributed by atoms with Crippen LogP contribution in [-0.4, -0.2) is 81.6 Å². The van der Waals surface area contributed by atoms with Gasteiger partial charge in [0.05, 0.1) is 25.9 Å². The summed E-state index contributed by atoms with van der Waals surface area (Å²) in [6, 6.07) is 0. The lowest BCUT2D eigenvalue weighted by molar-refractivity contribution is -0.161. The molecule has 0 aliphatic rings. The number of rotatable bonds is 40. The van der Waals surface area contributed by atoms with Gasteiger partial charge in [-0.05, 0) is 64.7 Å². The van der Waals surface area contributed by atoms with Crippen LogP contribution in [0.5, 0.6) is 0 Å². The average molecular weight is 867 g/mol. The minimum Gasteiger partial charge on any atom is -0.462 e. The Labute approximate surface area is 348 Å². The first-order valence-corrected chi connectivity index (χ1v) is 24.4. The lowest BCUT2D eigenvalue weighted by Gasteiger charge is -2.20. The summed E-state index contributed by atoms with van der Waals surface area (Å²) < 4.78 is 47.6. The predicted octanol–water partition coefficient (Wildman–Crippen LogP) is 9.64. The standard InChI is InChI=1S/C42H76O14P2/c1-3-4-5-6-7-8-9-13-18-21-24-27-30-33-42(46)56-40(37-55-58(50,51)54-35-39(44)34-53-57(47,48)49)36-52-41(45)32-29-26-23-20-17-15-12-10-11-14-16-19-22-25-28-31-38(2)43/h11-12,14-15,19-20,22-23,38-40,43-44H,3-10,13,16-18,21,24-37H2,1-2H3,(H,50,51)(H2,47,48,49)/b14-11-,15-12-,22-19-,23-20-/t38-,39+,40-/m1/s1. The van der Waals surface area contributed by atoms with Gasteiger partial charge in [0, 0.05) is 12.8 Å². The van der Waals surface area contributed by atoms with Crippen LogP contribution in [0.3, 0.4) is 0 Å². The van der Waals surface area contributed by atoms with Gasteiger partial charge in [-0.1, -0.05) is 133 Å². The van der Waals surface area contributed by atoms with Crippen molar-refractivity contribution in [1.29, 1.82) is 0 Å². The molecule has 0 radical (unpaired) electrons. The highest BCUT2D eigenvalue weighted by molar-refractivity contribution is 7.47. The number of phosphoric acid groups is 2. The number of esters is 2. The lowest BCUT2D eigenvalue weighted by atomic mass is 10.0. The van der Waals surface area contributed by atoms with E-state index in [1.165, 1.54) is 57.8 Å². The second kappa shape index (κ2) is 38.0. The van der Waals surface area contributed by atoms with Crippen LogP contribution in [0.2, 0.25) is 0 Å². The van der Waals surface area contributed by atoms with Crippen molar-refractivity contribution < 1.29 is 66.7 Å². The minimum absolute atomic E-state index is 0.108. The maximum Gasteiger partial charge on any atom is 0.472 e. The highest BCUT2D eigenvalue weighted by atomic mass is 31.2. The SMILES string of the molecule is CCCCCCCCCCCCCCCC(=O)O[C@H](COC(=O)CCC/C=C\C/C=C\C/C=C\C/C=C\CCC[C@@H](C)O)COP(=O)(O)OC[C@@H](O)COP(=O)(O)O. The number of ether oxygens (including phenoxy) is 2. The first-order chi connectivity index (χ1) is 27.7. The summed E-state index contributed by atoms with van der Waals surface area (Å²) in [5, 5.41) is 19.0. The van der Waals surface area contributed by atoms with E-state index in [0.29, 0.717) is 19.3 Å². The molecule has 0 aliphatic heterocycles. The Morgan fingerprint density at radius 2 is 1.00 bits per heavy atom. The fraction of sp³-hybridized carbons (Fsp3) is 0.762. The predicted molar refractivity (Wildman–Crippen MR) is 227 cm³/mol. The number of carbonyl (C=O) groups is 2. The van der Waals surface area contributed by atoms with Gasteiger partial charge in [-0.25, -0.2) is 9.13 Å². The largest absolute Gasteiger partial charge is 0.472 e. The van der Waals surface area contributed by atoms with Crippen LogP contribution in [0.1, 0.15) is 162 Å². The number of allylic oxidation sites excluding steroid dienone is 8. The van der Waals surface area contributed by atoms with Crippen molar-refractivity contribution in [3.05, 3.63) is 48.6 Å². The highest BCUT2D eigenvalue weighted by Gasteiger charge is 2.28. The van der Waals surface area contributed by atoms with Crippen LogP contribution < -0.4 is 0 Å². The fourth-order valence-corrected chi connectivity index (χ4v) is 6.63. The smallest absolute Gasteiger partial charge is 0.462 e. The minimum atomic E-state index is -4.87. The van der Waals surface area contributed by atoms with E-state index in [4.69, 9.17) is 23.8 Å². The van der Waals surface area contributed by atoms with Gasteiger partial charge in [0.2, 0.25) is 0 Å². The van der Waals surface area contributed by atoms with Crippen molar-refractivity contribution in [1.82, 2.24) is 0 Å². The zero-order chi connectivity index (χ0) is 43.2. The first-order valence-electron chi connectivity index (χ1n) is 21.4. The molecular weight excluding hydrogens is 790 g/mol. The molecule has 5 N–H and O–H groups in total. The third kappa shape index (κ3) is 42.2. The van der Waals surface area contributed by atoms with E-state index in [9.17, 15) is 33.8 Å². The fourth-order valence-electron chi connectivity index (χ4n) is 5.48. The Balaban J connectivity index is 4.60. The van der Waals surface area contributed by atoms with E-state index >= 15 is 0 Å². The molecule has 0 rings (SSSR count). The van der Waals surface area contributed by atoms with Gasteiger partial charge < -0.3 is 34.4 Å². The molecule has 0 heterocycles. The van der Waals surface area contributed by atoms with Crippen molar-refractivity contribution in [3.8, 4) is 0 Å². The van der Waals surface area contributed by atoms with Crippen molar-refractivity contribution >= 4 is 27.6 Å². The van der Waals surface area contributed by atoms with Gasteiger partial charge in [-0.3, -0.25) is 23.2 Å². The molecule has 0 spiro atoms. The van der Waals surface area contributed by atoms with Crippen molar-refractivity contribution in [3.63, 3.8) is 0 Å². The van der Waals surface area contributed by atoms with Crippen molar-refractivity contribution in [2.24, 2.45) is 0 Å². The number of carbonyl (C=O) groups excluding carboxylic acids is 2. The number of unbranched alkanes of at least 4 members (excludes halogenated alkanes) is 14. The third-order valence-corrected chi connectivity index (χ3v) is 10.2. The van der Waals surface area contributed by atoms with E-state index in [1.54, 1.807) is 6.92 Å². The lowest BCUT2D eigenvalue weighted by Crippen LogP contribution is -2.30. The summed E-state index contributed by atoms with van der Waals surface area (Å²) in [5.41, 5.74) is 0. The van der Waals surface area contributed by atoms with Gasteiger partial charge >= 0.3 is 27.6 Å². The highest BCUT2D eigenvalue weighted by Crippen LogP contribution is 2.43. The van der Waals surface area contributed by atoms with E-state index in [-0.39, 0.29) is 18.9 Å². The molecular formula is C42H76O14P2. The monoisotopic (exact) mass is 866 g/mol. The molecule has 0 aromatic carbocycles. The number of phosphoric ester groups is 2. The summed E-state index contributed by atoms with van der Waals surface area (Å²) in [4.78, 5) is 52.6. The number of aliphatic hydroxyl groups is 2. The first kappa shape index (κ1) is 56.0. The van der Waals surface area contributed by atoms with Gasteiger partial charge in [0.1, 0.15) is 12.7 Å². The Morgan fingerprint density at radius 1 is 0.552 bits per heavy atom. The molecule has 0 saturated heterocycles. The summed E-state index contributed by atoms with van der Waals surface area (Å²) in [6.45, 7) is 1.24. The van der Waals surface area contributed by atoms with Crippen LogP contribution in [0.25, 0.3) is 0 Å². The third-order valence-electron chi connectivity index (χ3n) is 8.73. The van der Waals surface area contributed by atoms with Crippen LogP contribution in [-0.2, 0) is 41.8 Å². The molecule has 14 nitrogen and oxygen atoms in total. The van der Waals surface area contributed by atoms with Gasteiger partial charge in [0.25, 0.3) is 0 Å². The number of hydrogen-bond acceptors (Lipinski definition) is 11. The molecule has 0 saturated carbocycles. The van der Waals surface area contributed by atoms with Gasteiger partial charge in [-0.15, -0.1) is 0 Å². The van der Waals surface area contributed by atoms with Gasteiger partial charge in [-0.2, -0.15) is 0 Å². The topological polar surface area (TPSA) is 216 Å². The molecule has 16 heteroatoms. The molecule has 0 amide bonds. The molecule has 1 unspecified atom stereocenters. The molecule has 0 aromatic rings. The Hall–Kier alpha value is -1.96. The van der Waals surface area contributed by atoms with E-state index < -0.39 is 66.2 Å². The average Bonchev–Trinajstić information content (AvgIpc) is 3.16. The van der Waals surface area contributed by atoms with Crippen molar-refractivity contribution in [2.75, 3.05) is 26.4 Å². The van der Waals surface area contributed by atoms with Gasteiger partial charge in [0.15, 0.2) is 6.10 Å². The molecule has 0 aliphatic carbocycles. The molecule has 58 heavy (non-hydrogen) atoms. The number of hydrogen-bond donors (Lipinski definition) is 5. The van der Waals surface area contributed by atoms with E-state index in [2.05, 4.69) is 52.4 Å². The summed E-state index contributed by atoms with van der Waals surface area (Å²) in [5.74, 6) is -1.11. The quantitative estimate of drug-likeness (QED) is 0.0168. The molecule has 0 bridgehead atoms. The second-order valence-corrected chi connectivity index (χ2v) is 17.2. The van der Waals surface area contributed by atoms with Crippen LogP contribution >= 0.6 is 15.6 Å². The van der Waals surface area contributed by atoms with Crippen LogP contribution in [0.15, 0.2) is 48.6 Å². The summed E-state index contributed by atoms with van der Waals surface area (Å²) >= 11 is 0. The maximum atomic E-state index is 12.6. The Kier molecular flexibility index (Phi) is 36.7. The molecule has 4 atom stereocenters. The van der Waals surface area contributed by atoms with E-state index in [0.717, 1.165) is 57.8 Å². The summed E-state index contributed by atoms with van der Waals surface area (Å²) in [6.07, 6.45) is 35.3. The Bertz CT molecular complexity index is 1230.